The van der Waals surface area contributed by atoms with Crippen LogP contribution in [0.4, 0.5) is 10.6 Å². The summed E-state index contributed by atoms with van der Waals surface area (Å²) in [6, 6.07) is 5.89. The Labute approximate surface area is 140 Å². The van der Waals surface area contributed by atoms with E-state index in [1.165, 1.54) is 0 Å². The molecular weight excluding hydrogens is 346 g/mol. The highest BCUT2D eigenvalue weighted by Crippen LogP contribution is 2.21. The van der Waals surface area contributed by atoms with Crippen LogP contribution in [0.5, 0.6) is 0 Å². The molecular formula is C16H24BrN3O2. The number of nitrogens with zero attached hydrogens (tertiary/aromatic N) is 2. The minimum absolute atomic E-state index is 0.143. The first kappa shape index (κ1) is 17.1. The van der Waals surface area contributed by atoms with E-state index in [-0.39, 0.29) is 12.1 Å². The summed E-state index contributed by atoms with van der Waals surface area (Å²) in [5.74, 6) is 0.809. The van der Waals surface area contributed by atoms with Crippen LogP contribution in [0.25, 0.3) is 0 Å². The summed E-state index contributed by atoms with van der Waals surface area (Å²) in [6.07, 6.45) is 2.93. The molecule has 2 heterocycles. The number of aromatic nitrogens is 1. The van der Waals surface area contributed by atoms with Crippen LogP contribution in [0.1, 0.15) is 40.0 Å². The number of likely N-dealkylation sites (tertiary alicyclic amines) is 1. The maximum atomic E-state index is 12.3. The molecule has 0 radical (unpaired) electrons. The highest BCUT2D eigenvalue weighted by atomic mass is 79.9. The third kappa shape index (κ3) is 5.16. The minimum atomic E-state index is -0.460. The van der Waals surface area contributed by atoms with E-state index in [1.807, 2.05) is 43.9 Å². The lowest BCUT2D eigenvalue weighted by Gasteiger charge is -2.36. The quantitative estimate of drug-likeness (QED) is 0.816. The lowest BCUT2D eigenvalue weighted by atomic mass is 10.0. The fraction of sp³-hybridized carbons (Fsp3) is 0.625. The van der Waals surface area contributed by atoms with E-state index in [0.717, 1.165) is 36.2 Å². The van der Waals surface area contributed by atoms with Crippen LogP contribution >= 0.6 is 15.9 Å². The van der Waals surface area contributed by atoms with Crippen molar-refractivity contribution < 1.29 is 9.53 Å². The number of hydrogen-bond acceptors (Lipinski definition) is 4. The van der Waals surface area contributed by atoms with Crippen molar-refractivity contribution in [1.82, 2.24) is 9.88 Å². The molecule has 1 fully saturated rings. The number of hydrogen-bond donors (Lipinski definition) is 1. The van der Waals surface area contributed by atoms with E-state index >= 15 is 0 Å². The second kappa shape index (κ2) is 7.31. The predicted octanol–water partition coefficient (Wildman–Crippen LogP) is 4.05. The molecule has 1 atom stereocenters. The second-order valence-electron chi connectivity index (χ2n) is 6.55. The average Bonchev–Trinajstić information content (AvgIpc) is 2.44. The second-order valence-corrected chi connectivity index (χ2v) is 7.36. The largest absolute Gasteiger partial charge is 0.444 e. The summed E-state index contributed by atoms with van der Waals surface area (Å²) in [7, 11) is 0. The number of anilines is 1. The molecule has 0 aromatic carbocycles. The van der Waals surface area contributed by atoms with Gasteiger partial charge in [-0.15, -0.1) is 0 Å². The average molecular weight is 370 g/mol. The normalized spacial score (nSPS) is 18.9. The monoisotopic (exact) mass is 369 g/mol. The van der Waals surface area contributed by atoms with Crippen molar-refractivity contribution in [3.05, 3.63) is 22.8 Å². The van der Waals surface area contributed by atoms with Crippen molar-refractivity contribution in [1.29, 1.82) is 0 Å². The van der Waals surface area contributed by atoms with Crippen LogP contribution < -0.4 is 5.32 Å². The molecule has 1 aliphatic heterocycles. The maximum absolute atomic E-state index is 12.3. The zero-order valence-electron chi connectivity index (χ0n) is 13.4. The third-order valence-corrected chi connectivity index (χ3v) is 3.93. The molecule has 122 valence electrons. The Bertz CT molecular complexity index is 516. The summed E-state index contributed by atoms with van der Waals surface area (Å²) >= 11 is 3.36. The van der Waals surface area contributed by atoms with Gasteiger partial charge in [-0.05, 0) is 68.1 Å². The van der Waals surface area contributed by atoms with Crippen molar-refractivity contribution in [2.75, 3.05) is 18.4 Å². The van der Waals surface area contributed by atoms with E-state index < -0.39 is 5.60 Å². The zero-order chi connectivity index (χ0) is 16.2. The zero-order valence-corrected chi connectivity index (χ0v) is 15.0. The van der Waals surface area contributed by atoms with Crippen LogP contribution in [0.3, 0.4) is 0 Å². The molecule has 1 saturated heterocycles. The van der Waals surface area contributed by atoms with Gasteiger partial charge in [0.1, 0.15) is 16.0 Å². The van der Waals surface area contributed by atoms with Crippen LogP contribution in [-0.2, 0) is 4.74 Å². The molecule has 0 spiro atoms. The summed E-state index contributed by atoms with van der Waals surface area (Å²) < 4.78 is 6.31. The van der Waals surface area contributed by atoms with E-state index in [2.05, 4.69) is 26.2 Å². The van der Waals surface area contributed by atoms with Gasteiger partial charge in [-0.25, -0.2) is 9.78 Å². The predicted molar refractivity (Wildman–Crippen MR) is 91.0 cm³/mol. The minimum Gasteiger partial charge on any atom is -0.444 e. The molecule has 1 aromatic heterocycles. The SMILES string of the molecule is CC(C)(C)OC(=O)N1CCCC[C@H]1CNc1cccc(Br)n1. The van der Waals surface area contributed by atoms with Gasteiger partial charge in [0.15, 0.2) is 0 Å². The Morgan fingerprint density at radius 3 is 2.91 bits per heavy atom. The van der Waals surface area contributed by atoms with Gasteiger partial charge >= 0.3 is 6.09 Å². The molecule has 0 bridgehead atoms. The van der Waals surface area contributed by atoms with Gasteiger partial charge in [-0.2, -0.15) is 0 Å². The highest BCUT2D eigenvalue weighted by molar-refractivity contribution is 9.10. The van der Waals surface area contributed by atoms with Crippen molar-refractivity contribution in [3.8, 4) is 0 Å². The van der Waals surface area contributed by atoms with Gasteiger partial charge < -0.3 is 15.0 Å². The summed E-state index contributed by atoms with van der Waals surface area (Å²) in [5, 5.41) is 3.31. The smallest absolute Gasteiger partial charge is 0.410 e. The molecule has 1 aromatic rings. The molecule has 22 heavy (non-hydrogen) atoms. The van der Waals surface area contributed by atoms with Crippen molar-refractivity contribution in [2.24, 2.45) is 0 Å². The van der Waals surface area contributed by atoms with Gasteiger partial charge in [0.05, 0.1) is 6.04 Å². The number of piperidine rings is 1. The Morgan fingerprint density at radius 2 is 2.23 bits per heavy atom. The molecule has 5 nitrogen and oxygen atoms in total. The first-order valence-electron chi connectivity index (χ1n) is 7.71. The Hall–Kier alpha value is -1.30. The molecule has 1 amide bonds. The van der Waals surface area contributed by atoms with Crippen LogP contribution in [0.2, 0.25) is 0 Å². The number of pyridine rings is 1. The first-order valence-corrected chi connectivity index (χ1v) is 8.50. The highest BCUT2D eigenvalue weighted by Gasteiger charge is 2.30. The summed E-state index contributed by atoms with van der Waals surface area (Å²) in [5.41, 5.74) is -0.460. The Morgan fingerprint density at radius 1 is 1.45 bits per heavy atom. The molecule has 1 N–H and O–H groups in total. The molecule has 0 saturated carbocycles. The number of rotatable bonds is 3. The van der Waals surface area contributed by atoms with Crippen LogP contribution in [0, 0.1) is 0 Å². The fourth-order valence-corrected chi connectivity index (χ4v) is 2.85. The lowest BCUT2D eigenvalue weighted by Crippen LogP contribution is -2.48. The topological polar surface area (TPSA) is 54.5 Å². The fourth-order valence-electron chi connectivity index (χ4n) is 2.50. The van der Waals surface area contributed by atoms with E-state index in [0.29, 0.717) is 6.54 Å². The van der Waals surface area contributed by atoms with E-state index in [9.17, 15) is 4.79 Å². The number of amides is 1. The number of ether oxygens (including phenoxy) is 1. The molecule has 0 aliphatic carbocycles. The third-order valence-electron chi connectivity index (χ3n) is 3.49. The lowest BCUT2D eigenvalue weighted by molar-refractivity contribution is 0.0114. The number of carbonyl (C=O) groups is 1. The molecule has 1 aliphatic rings. The first-order chi connectivity index (χ1) is 10.3. The summed E-state index contributed by atoms with van der Waals surface area (Å²) in [4.78, 5) is 18.5. The van der Waals surface area contributed by atoms with Gasteiger partial charge in [0.2, 0.25) is 0 Å². The van der Waals surface area contributed by atoms with E-state index in [4.69, 9.17) is 4.74 Å². The van der Waals surface area contributed by atoms with E-state index in [1.54, 1.807) is 0 Å². The summed E-state index contributed by atoms with van der Waals surface area (Å²) in [6.45, 7) is 7.13. The molecule has 2 rings (SSSR count). The van der Waals surface area contributed by atoms with Gasteiger partial charge in [0, 0.05) is 13.1 Å². The van der Waals surface area contributed by atoms with Crippen molar-refractivity contribution in [2.45, 2.75) is 51.7 Å². The van der Waals surface area contributed by atoms with Gasteiger partial charge in [0.25, 0.3) is 0 Å². The Kier molecular flexibility index (Phi) is 5.67. The molecule has 6 heteroatoms. The van der Waals surface area contributed by atoms with Crippen molar-refractivity contribution in [3.63, 3.8) is 0 Å². The standard InChI is InChI=1S/C16H24BrN3O2/c1-16(2,3)22-15(21)20-10-5-4-7-12(20)11-18-14-9-6-8-13(17)19-14/h6,8-9,12H,4-5,7,10-11H2,1-3H3,(H,18,19)/t12-/m0/s1. The van der Waals surface area contributed by atoms with Crippen LogP contribution in [0.15, 0.2) is 22.8 Å². The van der Waals surface area contributed by atoms with Crippen molar-refractivity contribution >= 4 is 27.8 Å². The Balaban J connectivity index is 1.96. The maximum Gasteiger partial charge on any atom is 0.410 e. The number of nitrogens with one attached hydrogen (secondary N) is 1. The number of halogens is 1. The van der Waals surface area contributed by atoms with Crippen LogP contribution in [-0.4, -0.2) is 40.7 Å². The molecule has 0 unspecified atom stereocenters. The number of carbonyl (C=O) groups excluding carboxylic acids is 1. The van der Waals surface area contributed by atoms with Gasteiger partial charge in [-0.3, -0.25) is 0 Å². The van der Waals surface area contributed by atoms with Gasteiger partial charge in [-0.1, -0.05) is 6.07 Å².